The fraction of sp³-hybridized carbons (Fsp3) is 0.360. The van der Waals surface area contributed by atoms with Crippen molar-refractivity contribution in [3.05, 3.63) is 52.7 Å². The maximum Gasteiger partial charge on any atom is 0.241 e. The summed E-state index contributed by atoms with van der Waals surface area (Å²) in [7, 11) is -3.41. The van der Waals surface area contributed by atoms with Crippen molar-refractivity contribution in [1.29, 1.82) is 0 Å². The van der Waals surface area contributed by atoms with E-state index in [2.05, 4.69) is 29.4 Å². The number of ether oxygens (including phenoxy) is 1. The number of hydrogen-bond acceptors (Lipinski definition) is 6. The summed E-state index contributed by atoms with van der Waals surface area (Å²) >= 11 is 7.23. The summed E-state index contributed by atoms with van der Waals surface area (Å²) in [5, 5.41) is 13.5. The van der Waals surface area contributed by atoms with E-state index in [9.17, 15) is 8.42 Å². The van der Waals surface area contributed by atoms with Crippen molar-refractivity contribution >= 4 is 38.2 Å². The molecule has 2 aliphatic heterocycles. The van der Waals surface area contributed by atoms with Gasteiger partial charge in [-0.1, -0.05) is 23.7 Å². The van der Waals surface area contributed by atoms with Crippen LogP contribution < -0.4 is 10.1 Å². The molecule has 35 heavy (non-hydrogen) atoms. The Balaban J connectivity index is 1.54. The molecular weight excluding hydrogens is 486 g/mol. The Labute approximate surface area is 207 Å². The predicted molar refractivity (Wildman–Crippen MR) is 135 cm³/mol. The molecule has 0 amide bonds. The molecule has 10 heteroatoms. The summed E-state index contributed by atoms with van der Waals surface area (Å²) in [5.74, 6) is 2.29. The van der Waals surface area contributed by atoms with Gasteiger partial charge in [0.2, 0.25) is 10.0 Å². The lowest BCUT2D eigenvalue weighted by Gasteiger charge is -2.36. The van der Waals surface area contributed by atoms with Crippen LogP contribution in [0.15, 0.2) is 30.5 Å². The molecule has 0 radical (unpaired) electrons. The average Bonchev–Trinajstić information content (AvgIpc) is 3.21. The third-order valence-electron chi connectivity index (χ3n) is 7.30. The molecule has 8 nitrogen and oxygen atoms in total. The number of fused-ring (bicyclic) bond motifs is 6. The lowest BCUT2D eigenvalue weighted by Crippen LogP contribution is -2.36. The topological polar surface area (TPSA) is 91.0 Å². The standard InChI is InChI=1S/C25H24ClN5O3S/c1-13-28-29-24-25(2,3)27-21-17-10-12-34-23(17)19(20(26)22(21)31(13)24)16-5-4-6-18-15(16)9-11-30(18)35(32,33)14-7-8-14/h4-6,9,11,14,27H,7-8,10,12H2,1-3H3. The van der Waals surface area contributed by atoms with Crippen LogP contribution in [0.5, 0.6) is 5.75 Å². The highest BCUT2D eigenvalue weighted by Crippen LogP contribution is 2.54. The van der Waals surface area contributed by atoms with Crippen LogP contribution in [0.1, 0.15) is 43.9 Å². The van der Waals surface area contributed by atoms with Crippen LogP contribution in [-0.4, -0.2) is 39.0 Å². The van der Waals surface area contributed by atoms with Crippen LogP contribution in [0.2, 0.25) is 5.02 Å². The zero-order valence-electron chi connectivity index (χ0n) is 19.6. The number of aryl methyl sites for hydroxylation is 1. The molecule has 7 rings (SSSR count). The maximum absolute atomic E-state index is 13.1. The zero-order valence-corrected chi connectivity index (χ0v) is 21.2. The minimum atomic E-state index is -3.41. The van der Waals surface area contributed by atoms with E-state index >= 15 is 0 Å². The lowest BCUT2D eigenvalue weighted by molar-refractivity contribution is 0.358. The molecule has 4 aromatic rings. The molecule has 180 valence electrons. The normalized spacial score (nSPS) is 18.1. The second kappa shape index (κ2) is 6.79. The van der Waals surface area contributed by atoms with Gasteiger partial charge >= 0.3 is 0 Å². The monoisotopic (exact) mass is 509 g/mol. The van der Waals surface area contributed by atoms with Gasteiger partial charge in [0, 0.05) is 29.1 Å². The van der Waals surface area contributed by atoms with Gasteiger partial charge in [-0.05, 0) is 51.3 Å². The van der Waals surface area contributed by atoms with Crippen molar-refractivity contribution in [2.24, 2.45) is 0 Å². The third kappa shape index (κ3) is 2.76. The average molecular weight is 510 g/mol. The van der Waals surface area contributed by atoms with Gasteiger partial charge in [0.25, 0.3) is 0 Å². The number of nitrogens with one attached hydrogen (secondary N) is 1. The Morgan fingerprint density at radius 1 is 1.20 bits per heavy atom. The highest BCUT2D eigenvalue weighted by molar-refractivity contribution is 7.91. The fourth-order valence-electron chi connectivity index (χ4n) is 5.49. The van der Waals surface area contributed by atoms with Crippen LogP contribution in [-0.2, 0) is 22.0 Å². The van der Waals surface area contributed by atoms with E-state index in [4.69, 9.17) is 16.3 Å². The number of hydrogen-bond donors (Lipinski definition) is 1. The largest absolute Gasteiger partial charge is 0.492 e. The molecule has 2 aromatic heterocycles. The Bertz CT molecular complexity index is 1680. The van der Waals surface area contributed by atoms with E-state index in [0.717, 1.165) is 57.3 Å². The Kier molecular flexibility index (Phi) is 4.13. The van der Waals surface area contributed by atoms with Gasteiger partial charge in [0.15, 0.2) is 5.82 Å². The molecule has 2 aromatic carbocycles. The number of anilines is 1. The van der Waals surface area contributed by atoms with Crippen molar-refractivity contribution in [3.8, 4) is 22.6 Å². The first-order valence-corrected chi connectivity index (χ1v) is 13.7. The van der Waals surface area contributed by atoms with Gasteiger partial charge in [-0.2, -0.15) is 0 Å². The summed E-state index contributed by atoms with van der Waals surface area (Å²) in [6.07, 6.45) is 3.82. The molecular formula is C25H24ClN5O3S. The molecule has 0 atom stereocenters. The van der Waals surface area contributed by atoms with E-state index in [1.54, 1.807) is 6.20 Å². The lowest BCUT2D eigenvalue weighted by atomic mass is 9.92. The fourth-order valence-corrected chi connectivity index (χ4v) is 7.57. The predicted octanol–water partition coefficient (Wildman–Crippen LogP) is 4.79. The molecule has 1 aliphatic carbocycles. The Morgan fingerprint density at radius 2 is 2.00 bits per heavy atom. The van der Waals surface area contributed by atoms with Gasteiger partial charge < -0.3 is 10.1 Å². The van der Waals surface area contributed by atoms with Gasteiger partial charge in [-0.3, -0.25) is 4.57 Å². The smallest absolute Gasteiger partial charge is 0.241 e. The molecule has 0 spiro atoms. The van der Waals surface area contributed by atoms with Crippen LogP contribution in [0.4, 0.5) is 5.69 Å². The van der Waals surface area contributed by atoms with Gasteiger partial charge in [-0.15, -0.1) is 10.2 Å². The molecule has 4 heterocycles. The van der Waals surface area contributed by atoms with Gasteiger partial charge in [0.05, 0.1) is 39.3 Å². The Morgan fingerprint density at radius 3 is 2.77 bits per heavy atom. The summed E-state index contributed by atoms with van der Waals surface area (Å²) in [6, 6.07) is 7.56. The van der Waals surface area contributed by atoms with Gasteiger partial charge in [0.1, 0.15) is 11.6 Å². The van der Waals surface area contributed by atoms with E-state index in [1.807, 2.05) is 35.8 Å². The molecule has 0 bridgehead atoms. The maximum atomic E-state index is 13.1. The van der Waals surface area contributed by atoms with E-state index in [1.165, 1.54) is 3.97 Å². The molecule has 0 unspecified atom stereocenters. The van der Waals surface area contributed by atoms with Crippen molar-refractivity contribution < 1.29 is 13.2 Å². The third-order valence-corrected chi connectivity index (χ3v) is 9.85. The SMILES string of the molecule is Cc1nnc2n1-c1c(Cl)c(-c3cccc4c3ccn4S(=O)(=O)C3CC3)c3c(c1NC2(C)C)CCO3. The quantitative estimate of drug-likeness (QED) is 0.427. The second-order valence-electron chi connectivity index (χ2n) is 10.1. The minimum Gasteiger partial charge on any atom is -0.492 e. The number of benzene rings is 2. The number of halogens is 1. The van der Waals surface area contributed by atoms with Crippen molar-refractivity contribution in [3.63, 3.8) is 0 Å². The summed E-state index contributed by atoms with van der Waals surface area (Å²) in [6.45, 7) is 6.62. The molecule has 1 fully saturated rings. The van der Waals surface area contributed by atoms with E-state index < -0.39 is 15.6 Å². The minimum absolute atomic E-state index is 0.300. The summed E-state index contributed by atoms with van der Waals surface area (Å²) in [4.78, 5) is 0. The second-order valence-corrected chi connectivity index (χ2v) is 12.5. The summed E-state index contributed by atoms with van der Waals surface area (Å²) < 4.78 is 35.7. The highest BCUT2D eigenvalue weighted by atomic mass is 35.5. The first-order valence-electron chi connectivity index (χ1n) is 11.8. The highest BCUT2D eigenvalue weighted by Gasteiger charge is 2.41. The molecule has 3 aliphatic rings. The summed E-state index contributed by atoms with van der Waals surface area (Å²) in [5.41, 5.74) is 4.63. The van der Waals surface area contributed by atoms with Crippen molar-refractivity contribution in [2.45, 2.75) is 50.8 Å². The molecule has 1 saturated carbocycles. The van der Waals surface area contributed by atoms with Crippen molar-refractivity contribution in [1.82, 2.24) is 18.7 Å². The zero-order chi connectivity index (χ0) is 24.3. The van der Waals surface area contributed by atoms with Crippen LogP contribution in [0.3, 0.4) is 0 Å². The van der Waals surface area contributed by atoms with E-state index in [0.29, 0.717) is 30.0 Å². The van der Waals surface area contributed by atoms with Crippen LogP contribution in [0, 0.1) is 6.92 Å². The number of nitrogens with zero attached hydrogens (tertiary/aromatic N) is 4. The van der Waals surface area contributed by atoms with Gasteiger partial charge in [-0.25, -0.2) is 12.4 Å². The molecule has 1 N–H and O–H groups in total. The van der Waals surface area contributed by atoms with Crippen LogP contribution >= 0.6 is 11.6 Å². The first kappa shape index (κ1) is 21.3. The number of rotatable bonds is 3. The van der Waals surface area contributed by atoms with Crippen molar-refractivity contribution in [2.75, 3.05) is 11.9 Å². The molecule has 0 saturated heterocycles. The number of aromatic nitrogens is 4. The van der Waals surface area contributed by atoms with Crippen LogP contribution in [0.25, 0.3) is 27.7 Å². The Hall–Kier alpha value is -3.04. The van der Waals surface area contributed by atoms with E-state index in [-0.39, 0.29) is 5.25 Å². The first-order chi connectivity index (χ1) is 16.7.